The third-order valence-electron chi connectivity index (χ3n) is 3.96. The van der Waals surface area contributed by atoms with Crippen LogP contribution >= 0.6 is 11.6 Å². The predicted molar refractivity (Wildman–Crippen MR) is 98.7 cm³/mol. The summed E-state index contributed by atoms with van der Waals surface area (Å²) in [7, 11) is 1.62. The summed E-state index contributed by atoms with van der Waals surface area (Å²) in [6.07, 6.45) is 0.801. The molecule has 25 heavy (non-hydrogen) atoms. The Kier molecular flexibility index (Phi) is 6.79. The van der Waals surface area contributed by atoms with Crippen LogP contribution in [0.1, 0.15) is 31.9 Å². The maximum Gasteiger partial charge on any atom is 0.241 e. The Morgan fingerprint density at radius 2 is 1.92 bits per heavy atom. The summed E-state index contributed by atoms with van der Waals surface area (Å²) in [5, 5.41) is 6.20. The molecule has 6 heteroatoms. The van der Waals surface area contributed by atoms with Crippen LogP contribution in [0.25, 0.3) is 0 Å². The number of halogens is 2. The highest BCUT2D eigenvalue weighted by molar-refractivity contribution is 6.30. The van der Waals surface area contributed by atoms with E-state index >= 15 is 0 Å². The van der Waals surface area contributed by atoms with Gasteiger partial charge in [0.25, 0.3) is 0 Å². The molecular formula is C19H22ClFN2O2. The second kappa shape index (κ2) is 8.83. The third kappa shape index (κ3) is 5.18. The van der Waals surface area contributed by atoms with Gasteiger partial charge in [0.1, 0.15) is 11.6 Å². The van der Waals surface area contributed by atoms with Crippen molar-refractivity contribution < 1.29 is 13.9 Å². The van der Waals surface area contributed by atoms with Gasteiger partial charge >= 0.3 is 0 Å². The first kappa shape index (κ1) is 19.2. The van der Waals surface area contributed by atoms with Crippen molar-refractivity contribution >= 4 is 23.2 Å². The molecule has 1 amide bonds. The number of amides is 1. The fraction of sp³-hybridized carbons (Fsp3) is 0.316. The number of methoxy groups -OCH3 is 1. The lowest BCUT2D eigenvalue weighted by Crippen LogP contribution is -2.40. The third-order valence-corrected chi connectivity index (χ3v) is 4.19. The summed E-state index contributed by atoms with van der Waals surface area (Å²) in [5.74, 6) is -0.0684. The molecule has 0 heterocycles. The highest BCUT2D eigenvalue weighted by Crippen LogP contribution is 2.22. The number of hydrogen-bond acceptors (Lipinski definition) is 3. The first-order valence-electron chi connectivity index (χ1n) is 8.10. The highest BCUT2D eigenvalue weighted by atomic mass is 35.5. The molecular weight excluding hydrogens is 343 g/mol. The highest BCUT2D eigenvalue weighted by Gasteiger charge is 2.19. The van der Waals surface area contributed by atoms with E-state index in [9.17, 15) is 9.18 Å². The van der Waals surface area contributed by atoms with Crippen LogP contribution in [0, 0.1) is 5.82 Å². The molecule has 0 aromatic heterocycles. The van der Waals surface area contributed by atoms with Crippen LogP contribution in [-0.4, -0.2) is 19.1 Å². The van der Waals surface area contributed by atoms with Crippen LogP contribution < -0.4 is 15.4 Å². The van der Waals surface area contributed by atoms with E-state index in [0.717, 1.165) is 17.7 Å². The number of carbonyl (C=O) groups is 1. The van der Waals surface area contributed by atoms with E-state index in [0.29, 0.717) is 5.02 Å². The smallest absolute Gasteiger partial charge is 0.241 e. The number of hydrogen-bond donors (Lipinski definition) is 2. The van der Waals surface area contributed by atoms with E-state index < -0.39 is 11.9 Å². The van der Waals surface area contributed by atoms with Gasteiger partial charge in [0.2, 0.25) is 5.91 Å². The summed E-state index contributed by atoms with van der Waals surface area (Å²) in [5.41, 5.74) is 1.13. The first-order valence-corrected chi connectivity index (χ1v) is 8.48. The number of benzene rings is 2. The summed E-state index contributed by atoms with van der Waals surface area (Å²) in [4.78, 5) is 12.4. The number of rotatable bonds is 7. The summed E-state index contributed by atoms with van der Waals surface area (Å²) in [6.45, 7) is 3.77. The Morgan fingerprint density at radius 1 is 1.24 bits per heavy atom. The van der Waals surface area contributed by atoms with Crippen LogP contribution in [0.2, 0.25) is 5.02 Å². The quantitative estimate of drug-likeness (QED) is 0.757. The van der Waals surface area contributed by atoms with Crippen LogP contribution in [0.5, 0.6) is 5.75 Å². The zero-order valence-corrected chi connectivity index (χ0v) is 15.2. The molecule has 134 valence electrons. The molecule has 2 N–H and O–H groups in total. The Labute approximate surface area is 152 Å². The molecule has 0 fully saturated rings. The molecule has 2 aromatic rings. The lowest BCUT2D eigenvalue weighted by atomic mass is 10.0. The van der Waals surface area contributed by atoms with E-state index in [4.69, 9.17) is 16.3 Å². The fourth-order valence-electron chi connectivity index (χ4n) is 2.50. The van der Waals surface area contributed by atoms with Gasteiger partial charge in [-0.1, -0.05) is 30.7 Å². The van der Waals surface area contributed by atoms with Crippen molar-refractivity contribution in [2.45, 2.75) is 32.4 Å². The second-order valence-electron chi connectivity index (χ2n) is 5.74. The van der Waals surface area contributed by atoms with Crippen LogP contribution in [0.15, 0.2) is 42.5 Å². The standard InChI is InChI=1S/C19H22ClFN2O2/c1-4-17(13-5-8-15(25-3)9-6-13)22-12(2)19(24)23-18-11-14(20)7-10-16(18)21/h5-12,17,22H,4H2,1-3H3,(H,23,24). The van der Waals surface area contributed by atoms with Gasteiger partial charge in [0, 0.05) is 11.1 Å². The molecule has 2 aromatic carbocycles. The number of ether oxygens (including phenoxy) is 1. The second-order valence-corrected chi connectivity index (χ2v) is 6.17. The zero-order valence-electron chi connectivity index (χ0n) is 14.5. The first-order chi connectivity index (χ1) is 11.9. The maximum atomic E-state index is 13.8. The number of carbonyl (C=O) groups excluding carboxylic acids is 1. The van der Waals surface area contributed by atoms with E-state index in [-0.39, 0.29) is 17.6 Å². The van der Waals surface area contributed by atoms with Crippen molar-refractivity contribution in [3.63, 3.8) is 0 Å². The molecule has 2 rings (SSSR count). The average molecular weight is 365 g/mol. The minimum atomic E-state index is -0.521. The van der Waals surface area contributed by atoms with E-state index in [1.807, 2.05) is 31.2 Å². The monoisotopic (exact) mass is 364 g/mol. The van der Waals surface area contributed by atoms with Crippen molar-refractivity contribution in [1.82, 2.24) is 5.32 Å². The minimum Gasteiger partial charge on any atom is -0.497 e. The predicted octanol–water partition coefficient (Wildman–Crippen LogP) is 4.56. The van der Waals surface area contributed by atoms with Crippen molar-refractivity contribution in [3.05, 3.63) is 58.9 Å². The molecule has 0 aliphatic rings. The average Bonchev–Trinajstić information content (AvgIpc) is 2.62. The summed E-state index contributed by atoms with van der Waals surface area (Å²) in [6, 6.07) is 11.2. The molecule has 0 aliphatic heterocycles. The van der Waals surface area contributed by atoms with E-state index in [1.165, 1.54) is 18.2 Å². The Hall–Kier alpha value is -2.11. The topological polar surface area (TPSA) is 50.4 Å². The van der Waals surface area contributed by atoms with Gasteiger partial charge in [0.15, 0.2) is 0 Å². The van der Waals surface area contributed by atoms with Gasteiger partial charge in [-0.2, -0.15) is 0 Å². The molecule has 2 atom stereocenters. The molecule has 0 saturated carbocycles. The van der Waals surface area contributed by atoms with Crippen LogP contribution in [-0.2, 0) is 4.79 Å². The Bertz CT molecular complexity index is 722. The Balaban J connectivity index is 2.03. The molecule has 0 saturated heterocycles. The van der Waals surface area contributed by atoms with Crippen molar-refractivity contribution in [3.8, 4) is 5.75 Å². The Morgan fingerprint density at radius 3 is 2.52 bits per heavy atom. The molecule has 2 unspecified atom stereocenters. The number of anilines is 1. The van der Waals surface area contributed by atoms with Crippen LogP contribution in [0.3, 0.4) is 0 Å². The van der Waals surface area contributed by atoms with Gasteiger partial charge in [-0.05, 0) is 49.2 Å². The van der Waals surface area contributed by atoms with Gasteiger partial charge < -0.3 is 10.1 Å². The van der Waals surface area contributed by atoms with Crippen molar-refractivity contribution in [2.75, 3.05) is 12.4 Å². The van der Waals surface area contributed by atoms with Gasteiger partial charge in [-0.3, -0.25) is 10.1 Å². The largest absolute Gasteiger partial charge is 0.497 e. The molecule has 0 aliphatic carbocycles. The normalized spacial score (nSPS) is 13.2. The van der Waals surface area contributed by atoms with Crippen molar-refractivity contribution in [1.29, 1.82) is 0 Å². The van der Waals surface area contributed by atoms with Gasteiger partial charge in [-0.15, -0.1) is 0 Å². The molecule has 4 nitrogen and oxygen atoms in total. The summed E-state index contributed by atoms with van der Waals surface area (Å²) < 4.78 is 18.9. The lowest BCUT2D eigenvalue weighted by molar-refractivity contribution is -0.118. The van der Waals surface area contributed by atoms with Crippen LogP contribution in [0.4, 0.5) is 10.1 Å². The maximum absolute atomic E-state index is 13.8. The van der Waals surface area contributed by atoms with Crippen molar-refractivity contribution in [2.24, 2.45) is 0 Å². The number of nitrogens with one attached hydrogen (secondary N) is 2. The fourth-order valence-corrected chi connectivity index (χ4v) is 2.67. The molecule has 0 spiro atoms. The SMILES string of the molecule is CCC(NC(C)C(=O)Nc1cc(Cl)ccc1F)c1ccc(OC)cc1. The van der Waals surface area contributed by atoms with E-state index in [2.05, 4.69) is 10.6 Å². The minimum absolute atomic E-state index is 0.00383. The van der Waals surface area contributed by atoms with E-state index in [1.54, 1.807) is 14.0 Å². The molecule has 0 bridgehead atoms. The zero-order chi connectivity index (χ0) is 18.4. The van der Waals surface area contributed by atoms with Gasteiger partial charge in [0.05, 0.1) is 18.8 Å². The summed E-state index contributed by atoms with van der Waals surface area (Å²) >= 11 is 5.85. The van der Waals surface area contributed by atoms with Gasteiger partial charge in [-0.25, -0.2) is 4.39 Å². The molecule has 0 radical (unpaired) electrons. The lowest BCUT2D eigenvalue weighted by Gasteiger charge is -2.22.